The van der Waals surface area contributed by atoms with Crippen LogP contribution in [0.3, 0.4) is 0 Å². The standard InChI is InChI=1S/C14H12F2N2O2/c1-20-9-3-4-10(11(15)7-9)14(19)18-8-2-5-13(17)12(16)6-8/h2-7H,17H2,1H3,(H,18,19). The van der Waals surface area contributed by atoms with E-state index in [1.807, 2.05) is 0 Å². The first-order valence-electron chi connectivity index (χ1n) is 5.71. The first kappa shape index (κ1) is 13.8. The summed E-state index contributed by atoms with van der Waals surface area (Å²) in [7, 11) is 1.39. The third-order valence-corrected chi connectivity index (χ3v) is 2.68. The number of amides is 1. The van der Waals surface area contributed by atoms with Gasteiger partial charge in [-0.15, -0.1) is 0 Å². The van der Waals surface area contributed by atoms with Crippen LogP contribution in [-0.4, -0.2) is 13.0 Å². The van der Waals surface area contributed by atoms with Gasteiger partial charge in [-0.05, 0) is 30.3 Å². The van der Waals surface area contributed by atoms with Crippen LogP contribution in [0.2, 0.25) is 0 Å². The van der Waals surface area contributed by atoms with Gasteiger partial charge in [0, 0.05) is 11.8 Å². The van der Waals surface area contributed by atoms with Crippen LogP contribution >= 0.6 is 0 Å². The number of hydrogen-bond donors (Lipinski definition) is 2. The number of nitrogen functional groups attached to an aromatic ring is 1. The average molecular weight is 278 g/mol. The molecule has 20 heavy (non-hydrogen) atoms. The molecule has 2 aromatic rings. The molecule has 0 aromatic heterocycles. The van der Waals surface area contributed by atoms with Gasteiger partial charge in [0.1, 0.15) is 17.4 Å². The Bertz CT molecular complexity index is 660. The number of ether oxygens (including phenoxy) is 1. The quantitative estimate of drug-likeness (QED) is 0.848. The van der Waals surface area contributed by atoms with Gasteiger partial charge in [0.05, 0.1) is 18.4 Å². The molecule has 104 valence electrons. The summed E-state index contributed by atoms with van der Waals surface area (Å²) in [6, 6.07) is 7.65. The first-order valence-corrected chi connectivity index (χ1v) is 5.71. The molecule has 0 aliphatic rings. The van der Waals surface area contributed by atoms with Crippen molar-refractivity contribution in [3.8, 4) is 5.75 Å². The second-order valence-corrected chi connectivity index (χ2v) is 4.04. The third-order valence-electron chi connectivity index (χ3n) is 2.68. The molecular formula is C14H12F2N2O2. The van der Waals surface area contributed by atoms with E-state index in [0.29, 0.717) is 5.75 Å². The Kier molecular flexibility index (Phi) is 3.84. The number of nitrogens with two attached hydrogens (primary N) is 1. The van der Waals surface area contributed by atoms with Crippen LogP contribution in [0.25, 0.3) is 0 Å². The highest BCUT2D eigenvalue weighted by atomic mass is 19.1. The molecular weight excluding hydrogens is 266 g/mol. The topological polar surface area (TPSA) is 64.3 Å². The molecule has 0 heterocycles. The number of hydrogen-bond acceptors (Lipinski definition) is 3. The van der Waals surface area contributed by atoms with Gasteiger partial charge in [0.25, 0.3) is 5.91 Å². The highest BCUT2D eigenvalue weighted by molar-refractivity contribution is 6.04. The van der Waals surface area contributed by atoms with Crippen LogP contribution in [0.1, 0.15) is 10.4 Å². The number of methoxy groups -OCH3 is 1. The highest BCUT2D eigenvalue weighted by Gasteiger charge is 2.13. The molecule has 0 fully saturated rings. The van der Waals surface area contributed by atoms with E-state index in [0.717, 1.165) is 12.1 Å². The minimum atomic E-state index is -0.724. The number of carbonyl (C=O) groups excluding carboxylic acids is 1. The lowest BCUT2D eigenvalue weighted by Gasteiger charge is -2.08. The number of rotatable bonds is 3. The maximum Gasteiger partial charge on any atom is 0.258 e. The van der Waals surface area contributed by atoms with Gasteiger partial charge in [-0.25, -0.2) is 8.78 Å². The maximum absolute atomic E-state index is 13.7. The van der Waals surface area contributed by atoms with Gasteiger partial charge in [-0.1, -0.05) is 0 Å². The van der Waals surface area contributed by atoms with Crippen molar-refractivity contribution >= 4 is 17.3 Å². The predicted octanol–water partition coefficient (Wildman–Crippen LogP) is 2.81. The monoisotopic (exact) mass is 278 g/mol. The van der Waals surface area contributed by atoms with Crippen molar-refractivity contribution in [2.75, 3.05) is 18.2 Å². The van der Waals surface area contributed by atoms with Gasteiger partial charge in [0.15, 0.2) is 0 Å². The fourth-order valence-electron chi connectivity index (χ4n) is 1.61. The average Bonchev–Trinajstić information content (AvgIpc) is 2.42. The van der Waals surface area contributed by atoms with Gasteiger partial charge < -0.3 is 15.8 Å². The Morgan fingerprint density at radius 1 is 1.15 bits per heavy atom. The Morgan fingerprint density at radius 3 is 2.50 bits per heavy atom. The molecule has 3 N–H and O–H groups in total. The molecule has 2 aromatic carbocycles. The molecule has 0 saturated carbocycles. The van der Waals surface area contributed by atoms with E-state index in [1.165, 1.54) is 31.4 Å². The fraction of sp³-hybridized carbons (Fsp3) is 0.0714. The molecule has 0 aliphatic carbocycles. The summed E-state index contributed by atoms with van der Waals surface area (Å²) >= 11 is 0. The van der Waals surface area contributed by atoms with Gasteiger partial charge >= 0.3 is 0 Å². The van der Waals surface area contributed by atoms with E-state index in [9.17, 15) is 13.6 Å². The van der Waals surface area contributed by atoms with Crippen LogP contribution in [0, 0.1) is 11.6 Å². The Morgan fingerprint density at radius 2 is 1.90 bits per heavy atom. The number of halogens is 2. The van der Waals surface area contributed by atoms with Gasteiger partial charge in [-0.3, -0.25) is 4.79 Å². The molecule has 4 nitrogen and oxygen atoms in total. The Labute approximate surface area is 114 Å². The largest absolute Gasteiger partial charge is 0.497 e. The molecule has 0 unspecified atom stereocenters. The number of anilines is 2. The summed E-state index contributed by atoms with van der Waals surface area (Å²) in [5, 5.41) is 2.39. The van der Waals surface area contributed by atoms with Crippen LogP contribution in [0.4, 0.5) is 20.2 Å². The second kappa shape index (κ2) is 5.56. The molecule has 0 bridgehead atoms. The highest BCUT2D eigenvalue weighted by Crippen LogP contribution is 2.19. The molecule has 0 radical (unpaired) electrons. The summed E-state index contributed by atoms with van der Waals surface area (Å²) in [4.78, 5) is 11.9. The second-order valence-electron chi connectivity index (χ2n) is 4.04. The molecule has 0 saturated heterocycles. The summed E-state index contributed by atoms with van der Waals surface area (Å²) in [5.74, 6) is -1.76. The van der Waals surface area contributed by atoms with Crippen LogP contribution < -0.4 is 15.8 Å². The number of nitrogens with one attached hydrogen (secondary N) is 1. The van der Waals surface area contributed by atoms with Crippen molar-refractivity contribution in [2.45, 2.75) is 0 Å². The summed E-state index contributed by atoms with van der Waals surface area (Å²) in [5.41, 5.74) is 5.32. The normalized spacial score (nSPS) is 10.2. The SMILES string of the molecule is COc1ccc(C(=O)Nc2ccc(N)c(F)c2)c(F)c1. The third kappa shape index (κ3) is 2.85. The fourth-order valence-corrected chi connectivity index (χ4v) is 1.61. The van der Waals surface area contributed by atoms with Crippen LogP contribution in [0.15, 0.2) is 36.4 Å². The Hall–Kier alpha value is -2.63. The number of carbonyl (C=O) groups is 1. The van der Waals surface area contributed by atoms with E-state index in [2.05, 4.69) is 5.32 Å². The van der Waals surface area contributed by atoms with Crippen molar-refractivity contribution in [2.24, 2.45) is 0 Å². The lowest BCUT2D eigenvalue weighted by atomic mass is 10.2. The maximum atomic E-state index is 13.7. The zero-order valence-corrected chi connectivity index (χ0v) is 10.6. The minimum Gasteiger partial charge on any atom is -0.497 e. The van der Waals surface area contributed by atoms with E-state index >= 15 is 0 Å². The summed E-state index contributed by atoms with van der Waals surface area (Å²) in [6.45, 7) is 0. The van der Waals surface area contributed by atoms with Crippen LogP contribution in [-0.2, 0) is 0 Å². The van der Waals surface area contributed by atoms with Crippen molar-refractivity contribution in [1.82, 2.24) is 0 Å². The van der Waals surface area contributed by atoms with Gasteiger partial charge in [0.2, 0.25) is 0 Å². The zero-order chi connectivity index (χ0) is 14.7. The van der Waals surface area contributed by atoms with Crippen molar-refractivity contribution < 1.29 is 18.3 Å². The molecule has 0 atom stereocenters. The molecule has 0 spiro atoms. The van der Waals surface area contributed by atoms with Crippen molar-refractivity contribution in [3.05, 3.63) is 53.6 Å². The zero-order valence-electron chi connectivity index (χ0n) is 10.6. The molecule has 1 amide bonds. The smallest absolute Gasteiger partial charge is 0.258 e. The molecule has 6 heteroatoms. The number of benzene rings is 2. The summed E-state index contributed by atoms with van der Waals surface area (Å²) in [6.07, 6.45) is 0. The lowest BCUT2D eigenvalue weighted by Crippen LogP contribution is -2.14. The predicted molar refractivity (Wildman–Crippen MR) is 71.7 cm³/mol. The Balaban J connectivity index is 2.21. The van der Waals surface area contributed by atoms with E-state index < -0.39 is 17.5 Å². The van der Waals surface area contributed by atoms with E-state index in [-0.39, 0.29) is 16.9 Å². The van der Waals surface area contributed by atoms with Crippen molar-refractivity contribution in [3.63, 3.8) is 0 Å². The van der Waals surface area contributed by atoms with E-state index in [4.69, 9.17) is 10.5 Å². The van der Waals surface area contributed by atoms with Crippen LogP contribution in [0.5, 0.6) is 5.75 Å². The van der Waals surface area contributed by atoms with Crippen molar-refractivity contribution in [1.29, 1.82) is 0 Å². The van der Waals surface area contributed by atoms with E-state index in [1.54, 1.807) is 0 Å². The lowest BCUT2D eigenvalue weighted by molar-refractivity contribution is 0.102. The molecule has 2 rings (SSSR count). The minimum absolute atomic E-state index is 0.0290. The first-order chi connectivity index (χ1) is 9.51. The summed E-state index contributed by atoms with van der Waals surface area (Å²) < 4.78 is 31.8. The van der Waals surface area contributed by atoms with Gasteiger partial charge in [-0.2, -0.15) is 0 Å². The molecule has 0 aliphatic heterocycles.